The van der Waals surface area contributed by atoms with Crippen molar-refractivity contribution in [3.63, 3.8) is 0 Å². The highest BCUT2D eigenvalue weighted by Crippen LogP contribution is 2.51. The number of carbonyl (C=O) groups excluding carboxylic acids is 1. The highest BCUT2D eigenvalue weighted by atomic mass is 16.5. The minimum atomic E-state index is -0.299. The van der Waals surface area contributed by atoms with Crippen LogP contribution in [-0.2, 0) is 9.53 Å². The molecule has 13 heavy (non-hydrogen) atoms. The first-order valence-corrected chi connectivity index (χ1v) is 5.48. The van der Waals surface area contributed by atoms with Crippen LogP contribution in [0.4, 0.5) is 0 Å². The van der Waals surface area contributed by atoms with Gasteiger partial charge < -0.3 is 4.74 Å². The van der Waals surface area contributed by atoms with E-state index in [1.165, 1.54) is 19.3 Å². The van der Waals surface area contributed by atoms with E-state index in [1.54, 1.807) is 0 Å². The van der Waals surface area contributed by atoms with E-state index in [0.29, 0.717) is 17.6 Å². The first-order valence-electron chi connectivity index (χ1n) is 5.48. The average molecular weight is 180 g/mol. The van der Waals surface area contributed by atoms with Gasteiger partial charge in [0.15, 0.2) is 5.78 Å². The fourth-order valence-electron chi connectivity index (χ4n) is 3.55. The molecule has 1 saturated heterocycles. The van der Waals surface area contributed by atoms with Gasteiger partial charge in [0.2, 0.25) is 0 Å². The summed E-state index contributed by atoms with van der Waals surface area (Å²) in [6.07, 6.45) is 6.65. The first kappa shape index (κ1) is 7.98. The lowest BCUT2D eigenvalue weighted by Gasteiger charge is -2.36. The molecule has 3 aliphatic rings. The topological polar surface area (TPSA) is 26.3 Å². The molecule has 0 aromatic carbocycles. The van der Waals surface area contributed by atoms with Crippen LogP contribution in [0.2, 0.25) is 0 Å². The lowest BCUT2D eigenvalue weighted by atomic mass is 9.73. The number of Topliss-reactive ketones (excluding diaryl/α,β-unsaturated/α-hetero) is 1. The Balaban J connectivity index is 1.95. The number of hydrogen-bond acceptors (Lipinski definition) is 2. The molecule has 0 amide bonds. The van der Waals surface area contributed by atoms with Gasteiger partial charge in [-0.15, -0.1) is 0 Å². The van der Waals surface area contributed by atoms with Crippen molar-refractivity contribution in [3.05, 3.63) is 0 Å². The van der Waals surface area contributed by atoms with Crippen LogP contribution >= 0.6 is 0 Å². The van der Waals surface area contributed by atoms with Crippen LogP contribution in [0.1, 0.15) is 38.5 Å². The van der Waals surface area contributed by atoms with Gasteiger partial charge in [-0.25, -0.2) is 0 Å². The third-order valence-corrected chi connectivity index (χ3v) is 4.20. The van der Waals surface area contributed by atoms with Crippen molar-refractivity contribution in [3.8, 4) is 0 Å². The molecule has 0 aromatic heterocycles. The molecule has 1 heterocycles. The van der Waals surface area contributed by atoms with Crippen LogP contribution in [0.3, 0.4) is 0 Å². The summed E-state index contributed by atoms with van der Waals surface area (Å²) in [6, 6.07) is 0. The summed E-state index contributed by atoms with van der Waals surface area (Å²) < 4.78 is 5.77. The maximum absolute atomic E-state index is 12.0. The molecule has 2 aliphatic carbocycles. The standard InChI is InChI=1S/C11H16O2/c12-10-7-8-2-3-9(6-8)11(10)4-1-5-13-11/h8-9H,1-7H2/t8-,9+,11-/m1/s1. The molecule has 72 valence electrons. The van der Waals surface area contributed by atoms with E-state index in [-0.39, 0.29) is 5.60 Å². The van der Waals surface area contributed by atoms with E-state index in [0.717, 1.165) is 25.9 Å². The number of rotatable bonds is 0. The zero-order valence-corrected chi connectivity index (χ0v) is 7.92. The molecule has 1 aliphatic heterocycles. The third kappa shape index (κ3) is 0.954. The molecule has 1 spiro atoms. The third-order valence-electron chi connectivity index (χ3n) is 4.20. The number of fused-ring (bicyclic) bond motifs is 3. The molecular weight excluding hydrogens is 164 g/mol. The van der Waals surface area contributed by atoms with E-state index < -0.39 is 0 Å². The quantitative estimate of drug-likeness (QED) is 0.569. The van der Waals surface area contributed by atoms with Gasteiger partial charge in [-0.1, -0.05) is 0 Å². The Labute approximate surface area is 78.6 Å². The van der Waals surface area contributed by atoms with E-state index in [1.807, 2.05) is 0 Å². The summed E-state index contributed by atoms with van der Waals surface area (Å²) in [4.78, 5) is 12.0. The Morgan fingerprint density at radius 3 is 3.08 bits per heavy atom. The van der Waals surface area contributed by atoms with Gasteiger partial charge in [0.25, 0.3) is 0 Å². The molecule has 0 aromatic rings. The summed E-state index contributed by atoms with van der Waals surface area (Å²) in [6.45, 7) is 0.812. The number of carbonyl (C=O) groups is 1. The summed E-state index contributed by atoms with van der Waals surface area (Å²) in [5.41, 5.74) is -0.299. The summed E-state index contributed by atoms with van der Waals surface area (Å²) in [7, 11) is 0. The lowest BCUT2D eigenvalue weighted by molar-refractivity contribution is -0.149. The highest BCUT2D eigenvalue weighted by molar-refractivity contribution is 5.89. The monoisotopic (exact) mass is 180 g/mol. The maximum Gasteiger partial charge on any atom is 0.165 e. The molecule has 2 nitrogen and oxygen atoms in total. The van der Waals surface area contributed by atoms with Gasteiger partial charge in [-0.05, 0) is 43.9 Å². The summed E-state index contributed by atoms with van der Waals surface area (Å²) >= 11 is 0. The molecule has 0 N–H and O–H groups in total. The number of ether oxygens (including phenoxy) is 1. The molecule has 3 rings (SSSR count). The molecule has 2 heteroatoms. The minimum absolute atomic E-state index is 0.299. The predicted octanol–water partition coefficient (Wildman–Crippen LogP) is 1.92. The van der Waals surface area contributed by atoms with Crippen LogP contribution in [0.5, 0.6) is 0 Å². The van der Waals surface area contributed by atoms with Gasteiger partial charge in [0, 0.05) is 13.0 Å². The fraction of sp³-hybridized carbons (Fsp3) is 0.909. The van der Waals surface area contributed by atoms with Crippen LogP contribution < -0.4 is 0 Å². The Bertz CT molecular complexity index is 240. The van der Waals surface area contributed by atoms with Gasteiger partial charge in [-0.3, -0.25) is 4.79 Å². The van der Waals surface area contributed by atoms with Crippen LogP contribution in [0.25, 0.3) is 0 Å². The van der Waals surface area contributed by atoms with Gasteiger partial charge in [0.1, 0.15) is 5.60 Å². The molecule has 2 saturated carbocycles. The molecular formula is C11H16O2. The van der Waals surface area contributed by atoms with Gasteiger partial charge in [0.05, 0.1) is 0 Å². The Morgan fingerprint density at radius 1 is 1.38 bits per heavy atom. The number of hydrogen-bond donors (Lipinski definition) is 0. The lowest BCUT2D eigenvalue weighted by Crippen LogP contribution is -2.47. The molecule has 2 bridgehead atoms. The van der Waals surface area contributed by atoms with E-state index in [9.17, 15) is 4.79 Å². The Morgan fingerprint density at radius 2 is 2.31 bits per heavy atom. The molecule has 0 unspecified atom stereocenters. The molecule has 0 radical (unpaired) electrons. The second-order valence-corrected chi connectivity index (χ2v) is 4.84. The van der Waals surface area contributed by atoms with E-state index in [2.05, 4.69) is 0 Å². The maximum atomic E-state index is 12.0. The smallest absolute Gasteiger partial charge is 0.165 e. The first-order chi connectivity index (χ1) is 6.31. The van der Waals surface area contributed by atoms with Crippen molar-refractivity contribution in [2.75, 3.05) is 6.61 Å². The minimum Gasteiger partial charge on any atom is -0.367 e. The van der Waals surface area contributed by atoms with Crippen LogP contribution in [0.15, 0.2) is 0 Å². The van der Waals surface area contributed by atoms with Crippen molar-refractivity contribution in [1.29, 1.82) is 0 Å². The SMILES string of the molecule is O=C1C[C@@H]2CC[C@@H](C2)[C@]12CCCO2. The highest BCUT2D eigenvalue weighted by Gasteiger charge is 2.54. The van der Waals surface area contributed by atoms with E-state index >= 15 is 0 Å². The Hall–Kier alpha value is -0.370. The van der Waals surface area contributed by atoms with E-state index in [4.69, 9.17) is 4.74 Å². The van der Waals surface area contributed by atoms with Crippen LogP contribution in [-0.4, -0.2) is 18.0 Å². The van der Waals surface area contributed by atoms with Crippen molar-refractivity contribution < 1.29 is 9.53 Å². The average Bonchev–Trinajstić information content (AvgIpc) is 2.67. The zero-order valence-electron chi connectivity index (χ0n) is 7.92. The summed E-state index contributed by atoms with van der Waals surface area (Å²) in [5, 5.41) is 0. The summed E-state index contributed by atoms with van der Waals surface area (Å²) in [5.74, 6) is 1.69. The fourth-order valence-corrected chi connectivity index (χ4v) is 3.55. The van der Waals surface area contributed by atoms with Crippen molar-refractivity contribution in [2.45, 2.75) is 44.1 Å². The van der Waals surface area contributed by atoms with Crippen LogP contribution in [0, 0.1) is 11.8 Å². The molecule has 3 fully saturated rings. The van der Waals surface area contributed by atoms with Gasteiger partial charge in [-0.2, -0.15) is 0 Å². The molecule has 3 atom stereocenters. The van der Waals surface area contributed by atoms with Crippen molar-refractivity contribution in [1.82, 2.24) is 0 Å². The van der Waals surface area contributed by atoms with Gasteiger partial charge >= 0.3 is 0 Å². The second kappa shape index (κ2) is 2.57. The second-order valence-electron chi connectivity index (χ2n) is 4.84. The van der Waals surface area contributed by atoms with Crippen molar-refractivity contribution >= 4 is 5.78 Å². The Kier molecular flexibility index (Phi) is 1.58. The number of ketones is 1. The normalized spacial score (nSPS) is 49.1. The zero-order chi connectivity index (χ0) is 8.89. The largest absolute Gasteiger partial charge is 0.367 e. The predicted molar refractivity (Wildman–Crippen MR) is 48.4 cm³/mol. The van der Waals surface area contributed by atoms with Crippen molar-refractivity contribution in [2.24, 2.45) is 11.8 Å².